The van der Waals surface area contributed by atoms with Crippen molar-refractivity contribution in [3.63, 3.8) is 0 Å². The minimum Gasteiger partial charge on any atom is -0.454 e. The van der Waals surface area contributed by atoms with Crippen molar-refractivity contribution in [1.29, 1.82) is 0 Å². The minimum absolute atomic E-state index is 0.103. The van der Waals surface area contributed by atoms with Crippen LogP contribution in [-0.2, 0) is 0 Å². The van der Waals surface area contributed by atoms with Crippen LogP contribution in [0.2, 0.25) is 5.02 Å². The van der Waals surface area contributed by atoms with E-state index in [1.807, 2.05) is 38.1 Å². The van der Waals surface area contributed by atoms with E-state index in [9.17, 15) is 4.79 Å². The van der Waals surface area contributed by atoms with Crippen LogP contribution in [0, 0.1) is 13.8 Å². The Morgan fingerprint density at radius 1 is 1.11 bits per heavy atom. The molecule has 0 fully saturated rings. The number of carbonyl (C=O) groups excluding carboxylic acids is 1. The maximum Gasteiger partial charge on any atom is 0.325 e. The molecule has 1 aliphatic heterocycles. The van der Waals surface area contributed by atoms with Crippen LogP contribution in [0.5, 0.6) is 11.5 Å². The number of urea groups is 1. The highest BCUT2D eigenvalue weighted by Crippen LogP contribution is 2.42. The molecule has 0 atom stereocenters. The summed E-state index contributed by atoms with van der Waals surface area (Å²) in [5.74, 6) is 1.39. The van der Waals surface area contributed by atoms with Crippen LogP contribution in [0.4, 0.5) is 16.3 Å². The van der Waals surface area contributed by atoms with Crippen molar-refractivity contribution in [3.05, 3.63) is 64.7 Å². The van der Waals surface area contributed by atoms with E-state index in [-0.39, 0.29) is 6.79 Å². The molecule has 1 aliphatic rings. The predicted molar refractivity (Wildman–Crippen MR) is 108 cm³/mol. The number of anilines is 2. The molecule has 0 bridgehead atoms. The molecule has 6 nitrogen and oxygen atoms in total. The van der Waals surface area contributed by atoms with Gasteiger partial charge < -0.3 is 15.2 Å². The van der Waals surface area contributed by atoms with Crippen LogP contribution in [0.25, 0.3) is 11.3 Å². The Balaban J connectivity index is 1.81. The number of hydrogen-bond donors (Lipinski definition) is 1. The van der Waals surface area contributed by atoms with Crippen molar-refractivity contribution >= 4 is 29.1 Å². The summed E-state index contributed by atoms with van der Waals surface area (Å²) in [4.78, 5) is 18.2. The largest absolute Gasteiger partial charge is 0.454 e. The van der Waals surface area contributed by atoms with Crippen molar-refractivity contribution in [2.75, 3.05) is 11.7 Å². The van der Waals surface area contributed by atoms with Gasteiger partial charge in [-0.3, -0.25) is 0 Å². The smallest absolute Gasteiger partial charge is 0.325 e. The van der Waals surface area contributed by atoms with Gasteiger partial charge in [-0.1, -0.05) is 41.4 Å². The van der Waals surface area contributed by atoms with Gasteiger partial charge in [0.1, 0.15) is 5.82 Å². The van der Waals surface area contributed by atoms with E-state index in [1.54, 1.807) is 18.2 Å². The SMILES string of the molecule is Cc1ccc(-c2cccc(N(C(N)=O)c3cc4c(cc3Cl)OCO4)n2)c(C)c1. The summed E-state index contributed by atoms with van der Waals surface area (Å²) in [5.41, 5.74) is 10.0. The maximum absolute atomic E-state index is 12.3. The molecule has 2 N–H and O–H groups in total. The van der Waals surface area contributed by atoms with Gasteiger partial charge in [-0.15, -0.1) is 0 Å². The topological polar surface area (TPSA) is 77.7 Å². The summed E-state index contributed by atoms with van der Waals surface area (Å²) in [6.07, 6.45) is 0. The Kier molecular flexibility index (Phi) is 4.57. The number of pyridine rings is 1. The number of aryl methyl sites for hydroxylation is 2. The van der Waals surface area contributed by atoms with Crippen molar-refractivity contribution in [1.82, 2.24) is 4.98 Å². The zero-order chi connectivity index (χ0) is 19.8. The lowest BCUT2D eigenvalue weighted by Gasteiger charge is -2.22. The third-order valence-electron chi connectivity index (χ3n) is 4.52. The van der Waals surface area contributed by atoms with Gasteiger partial charge in [-0.2, -0.15) is 0 Å². The Bertz CT molecular complexity index is 1080. The molecule has 0 aliphatic carbocycles. The van der Waals surface area contributed by atoms with Crippen LogP contribution < -0.4 is 20.1 Å². The monoisotopic (exact) mass is 395 g/mol. The fourth-order valence-corrected chi connectivity index (χ4v) is 3.47. The van der Waals surface area contributed by atoms with Gasteiger partial charge in [0.25, 0.3) is 0 Å². The number of aromatic nitrogens is 1. The molecule has 4 rings (SSSR count). The Morgan fingerprint density at radius 2 is 1.86 bits per heavy atom. The number of fused-ring (bicyclic) bond motifs is 1. The number of nitrogens with zero attached hydrogens (tertiary/aromatic N) is 2. The molecule has 7 heteroatoms. The number of ether oxygens (including phenoxy) is 2. The van der Waals surface area contributed by atoms with Crippen LogP contribution in [0.15, 0.2) is 48.5 Å². The molecule has 2 heterocycles. The van der Waals surface area contributed by atoms with Crippen molar-refractivity contribution in [2.24, 2.45) is 5.73 Å². The summed E-state index contributed by atoms with van der Waals surface area (Å²) >= 11 is 6.38. The summed E-state index contributed by atoms with van der Waals surface area (Å²) < 4.78 is 10.7. The van der Waals surface area contributed by atoms with Gasteiger partial charge in [0.2, 0.25) is 6.79 Å². The summed E-state index contributed by atoms with van der Waals surface area (Å²) in [6, 6.07) is 14.1. The van der Waals surface area contributed by atoms with Crippen molar-refractivity contribution < 1.29 is 14.3 Å². The average Bonchev–Trinajstić information content (AvgIpc) is 3.09. The molecule has 0 unspecified atom stereocenters. The normalized spacial score (nSPS) is 12.1. The molecule has 2 aromatic carbocycles. The molecule has 2 amide bonds. The maximum atomic E-state index is 12.3. The van der Waals surface area contributed by atoms with Gasteiger partial charge >= 0.3 is 6.03 Å². The molecule has 0 saturated carbocycles. The summed E-state index contributed by atoms with van der Waals surface area (Å²) in [6.45, 7) is 4.17. The second-order valence-electron chi connectivity index (χ2n) is 6.53. The highest BCUT2D eigenvalue weighted by atomic mass is 35.5. The van der Waals surface area contributed by atoms with E-state index >= 15 is 0 Å². The van der Waals surface area contributed by atoms with Crippen LogP contribution in [-0.4, -0.2) is 17.8 Å². The third kappa shape index (κ3) is 3.23. The van der Waals surface area contributed by atoms with Gasteiger partial charge in [0.05, 0.1) is 16.4 Å². The Morgan fingerprint density at radius 3 is 2.57 bits per heavy atom. The van der Waals surface area contributed by atoms with Crippen molar-refractivity contribution in [2.45, 2.75) is 13.8 Å². The highest BCUT2D eigenvalue weighted by molar-refractivity contribution is 6.34. The predicted octanol–water partition coefficient (Wildman–Crippen LogP) is 4.96. The minimum atomic E-state index is -0.703. The molecule has 0 radical (unpaired) electrons. The number of nitrogens with two attached hydrogens (primary N) is 1. The molecule has 0 spiro atoms. The molecule has 28 heavy (non-hydrogen) atoms. The van der Waals surface area contributed by atoms with Gasteiger partial charge in [0, 0.05) is 17.7 Å². The highest BCUT2D eigenvalue weighted by Gasteiger charge is 2.24. The van der Waals surface area contributed by atoms with Crippen LogP contribution in [0.3, 0.4) is 0 Å². The lowest BCUT2D eigenvalue weighted by molar-refractivity contribution is 0.174. The fraction of sp³-hybridized carbons (Fsp3) is 0.143. The van der Waals surface area contributed by atoms with Gasteiger partial charge in [-0.05, 0) is 31.5 Å². The number of benzene rings is 2. The van der Waals surface area contributed by atoms with Gasteiger partial charge in [0.15, 0.2) is 11.5 Å². The number of carbonyl (C=O) groups is 1. The average molecular weight is 396 g/mol. The second-order valence-corrected chi connectivity index (χ2v) is 6.94. The first kappa shape index (κ1) is 18.1. The van der Waals surface area contributed by atoms with E-state index in [1.165, 1.54) is 10.5 Å². The molecular formula is C21H18ClN3O3. The van der Waals surface area contributed by atoms with Crippen LogP contribution in [0.1, 0.15) is 11.1 Å². The lowest BCUT2D eigenvalue weighted by Crippen LogP contribution is -2.32. The quantitative estimate of drug-likeness (QED) is 0.679. The van der Waals surface area contributed by atoms with E-state index in [0.717, 1.165) is 16.8 Å². The first-order valence-corrected chi connectivity index (χ1v) is 9.05. The van der Waals surface area contributed by atoms with Crippen LogP contribution >= 0.6 is 11.6 Å². The van der Waals surface area contributed by atoms with E-state index in [2.05, 4.69) is 11.1 Å². The van der Waals surface area contributed by atoms with Gasteiger partial charge in [-0.25, -0.2) is 14.7 Å². The number of halogens is 1. The Labute approximate surface area is 167 Å². The third-order valence-corrected chi connectivity index (χ3v) is 4.83. The summed E-state index contributed by atoms with van der Waals surface area (Å²) in [7, 11) is 0. The van der Waals surface area contributed by atoms with E-state index in [4.69, 9.17) is 26.8 Å². The standard InChI is InChI=1S/C21H18ClN3O3/c1-12-6-7-14(13(2)8-12)16-4-3-5-20(24-16)25(21(23)26)17-10-19-18(9-15(17)22)27-11-28-19/h3-10H,11H2,1-2H3,(H2,23,26). The molecule has 0 saturated heterocycles. The number of amides is 2. The van der Waals surface area contributed by atoms with Crippen molar-refractivity contribution in [3.8, 4) is 22.8 Å². The first-order chi connectivity index (χ1) is 13.4. The molecule has 3 aromatic rings. The molecule has 142 valence electrons. The lowest BCUT2D eigenvalue weighted by atomic mass is 10.0. The zero-order valence-corrected chi connectivity index (χ0v) is 16.2. The number of primary amides is 1. The fourth-order valence-electron chi connectivity index (χ4n) is 3.23. The number of rotatable bonds is 3. The Hall–Kier alpha value is -3.25. The molecule has 1 aromatic heterocycles. The summed E-state index contributed by atoms with van der Waals surface area (Å²) in [5, 5.41) is 0.307. The molecular weight excluding hydrogens is 378 g/mol. The zero-order valence-electron chi connectivity index (χ0n) is 15.4. The van der Waals surface area contributed by atoms with E-state index < -0.39 is 6.03 Å². The number of hydrogen-bond acceptors (Lipinski definition) is 4. The first-order valence-electron chi connectivity index (χ1n) is 8.67. The van der Waals surface area contributed by atoms with E-state index in [0.29, 0.717) is 28.0 Å². The second kappa shape index (κ2) is 7.05.